The number of hydrogen-bond acceptors (Lipinski definition) is 3. The fourth-order valence-corrected chi connectivity index (χ4v) is 1.52. The van der Waals surface area contributed by atoms with Gasteiger partial charge in [-0.25, -0.2) is 0 Å². The van der Waals surface area contributed by atoms with Crippen molar-refractivity contribution < 1.29 is 23.4 Å². The maximum atomic E-state index is 11.9. The van der Waals surface area contributed by atoms with Crippen molar-refractivity contribution >= 4 is 5.97 Å². The molecule has 0 amide bonds. The highest BCUT2D eigenvalue weighted by atomic mass is 19.3. The van der Waals surface area contributed by atoms with Crippen molar-refractivity contribution in [3.63, 3.8) is 0 Å². The van der Waals surface area contributed by atoms with E-state index in [0.717, 1.165) is 5.56 Å². The van der Waals surface area contributed by atoms with Gasteiger partial charge in [0, 0.05) is 19.0 Å². The fourth-order valence-electron chi connectivity index (χ4n) is 1.52. The van der Waals surface area contributed by atoms with Crippen LogP contribution in [-0.4, -0.2) is 23.7 Å². The highest BCUT2D eigenvalue weighted by molar-refractivity contribution is 5.66. The van der Waals surface area contributed by atoms with E-state index in [1.807, 2.05) is 6.92 Å². The summed E-state index contributed by atoms with van der Waals surface area (Å²) in [6.45, 7) is -0.368. The molecule has 0 aliphatic rings. The topological polar surface area (TPSA) is 58.6 Å². The average molecular weight is 273 g/mol. The molecule has 0 radical (unpaired) electrons. The zero-order valence-electron chi connectivity index (χ0n) is 10.6. The van der Waals surface area contributed by atoms with E-state index < -0.39 is 12.6 Å². The Hall–Kier alpha value is -1.69. The first-order valence-electron chi connectivity index (χ1n) is 5.96. The minimum Gasteiger partial charge on any atom is -0.481 e. The molecule has 1 aromatic rings. The number of ether oxygens (including phenoxy) is 1. The van der Waals surface area contributed by atoms with E-state index in [4.69, 9.17) is 5.11 Å². The van der Waals surface area contributed by atoms with E-state index in [1.54, 1.807) is 12.1 Å². The molecule has 1 aromatic carbocycles. The third-order valence-electron chi connectivity index (χ3n) is 2.59. The van der Waals surface area contributed by atoms with Crippen molar-refractivity contribution in [1.29, 1.82) is 0 Å². The molecule has 1 rings (SSSR count). The molecule has 0 bridgehead atoms. The molecule has 0 aliphatic carbocycles. The molecule has 0 saturated heterocycles. The highest BCUT2D eigenvalue weighted by Gasteiger charge is 2.06. The van der Waals surface area contributed by atoms with Gasteiger partial charge in [0.2, 0.25) is 0 Å². The molecular formula is C13H17F2NO3. The predicted octanol–water partition coefficient (Wildman–Crippen LogP) is 2.63. The summed E-state index contributed by atoms with van der Waals surface area (Å²) in [6.07, 6.45) is 0.664. The van der Waals surface area contributed by atoms with Gasteiger partial charge in [0.25, 0.3) is 0 Å². The van der Waals surface area contributed by atoms with Crippen LogP contribution in [0.25, 0.3) is 0 Å². The van der Waals surface area contributed by atoms with Crippen LogP contribution in [-0.2, 0) is 11.3 Å². The van der Waals surface area contributed by atoms with Crippen molar-refractivity contribution in [3.8, 4) is 5.75 Å². The van der Waals surface area contributed by atoms with E-state index in [1.165, 1.54) is 12.1 Å². The summed E-state index contributed by atoms with van der Waals surface area (Å²) < 4.78 is 28.1. The van der Waals surface area contributed by atoms with Gasteiger partial charge in [-0.15, -0.1) is 0 Å². The first-order chi connectivity index (χ1) is 8.97. The number of benzene rings is 1. The molecule has 106 valence electrons. The maximum Gasteiger partial charge on any atom is 0.387 e. The number of alkyl halides is 2. The summed E-state index contributed by atoms with van der Waals surface area (Å²) in [5.41, 5.74) is 0.920. The highest BCUT2D eigenvalue weighted by Crippen LogP contribution is 2.14. The second-order valence-electron chi connectivity index (χ2n) is 4.24. The molecule has 0 heterocycles. The summed E-state index contributed by atoms with van der Waals surface area (Å²) in [5.74, 6) is -0.695. The van der Waals surface area contributed by atoms with Gasteiger partial charge < -0.3 is 15.2 Å². The Kier molecular flexibility index (Phi) is 6.21. The lowest BCUT2D eigenvalue weighted by atomic mass is 10.1. The number of nitrogens with one attached hydrogen (secondary N) is 1. The lowest BCUT2D eigenvalue weighted by molar-refractivity contribution is -0.137. The average Bonchev–Trinajstić information content (AvgIpc) is 2.35. The van der Waals surface area contributed by atoms with Gasteiger partial charge in [-0.05, 0) is 31.0 Å². The largest absolute Gasteiger partial charge is 0.481 e. The van der Waals surface area contributed by atoms with Gasteiger partial charge >= 0.3 is 12.6 Å². The smallest absolute Gasteiger partial charge is 0.387 e. The molecule has 0 saturated carbocycles. The minimum atomic E-state index is -2.82. The Balaban J connectivity index is 2.35. The number of carbonyl (C=O) groups is 1. The van der Waals surface area contributed by atoms with E-state index in [9.17, 15) is 13.6 Å². The summed E-state index contributed by atoms with van der Waals surface area (Å²) in [4.78, 5) is 10.4. The Labute approximate surface area is 110 Å². The Morgan fingerprint density at radius 1 is 1.37 bits per heavy atom. The molecule has 0 spiro atoms. The summed E-state index contributed by atoms with van der Waals surface area (Å²) in [5, 5.41) is 11.7. The molecule has 6 heteroatoms. The van der Waals surface area contributed by atoms with Crippen molar-refractivity contribution in [2.24, 2.45) is 0 Å². The normalized spacial score (nSPS) is 12.4. The number of hydrogen-bond donors (Lipinski definition) is 2. The zero-order chi connectivity index (χ0) is 14.3. The molecule has 2 N–H and O–H groups in total. The van der Waals surface area contributed by atoms with E-state index in [-0.39, 0.29) is 18.2 Å². The van der Waals surface area contributed by atoms with Gasteiger partial charge in [-0.2, -0.15) is 8.78 Å². The number of carboxylic acids is 1. The van der Waals surface area contributed by atoms with Gasteiger partial charge in [-0.3, -0.25) is 4.79 Å². The van der Waals surface area contributed by atoms with Gasteiger partial charge in [0.05, 0.1) is 0 Å². The molecule has 1 unspecified atom stereocenters. The molecule has 1 atom stereocenters. The summed E-state index contributed by atoms with van der Waals surface area (Å²) in [7, 11) is 0. The van der Waals surface area contributed by atoms with Gasteiger partial charge in [0.15, 0.2) is 0 Å². The number of rotatable bonds is 8. The molecule has 4 nitrogen and oxygen atoms in total. The van der Waals surface area contributed by atoms with Gasteiger partial charge in [-0.1, -0.05) is 12.1 Å². The van der Waals surface area contributed by atoms with Crippen molar-refractivity contribution in [1.82, 2.24) is 5.32 Å². The Bertz CT molecular complexity index is 395. The predicted molar refractivity (Wildman–Crippen MR) is 66.2 cm³/mol. The van der Waals surface area contributed by atoms with Crippen LogP contribution in [0, 0.1) is 0 Å². The van der Waals surface area contributed by atoms with Crippen LogP contribution in [0.1, 0.15) is 25.3 Å². The van der Waals surface area contributed by atoms with Crippen LogP contribution in [0.2, 0.25) is 0 Å². The van der Waals surface area contributed by atoms with Crippen LogP contribution in [0.4, 0.5) is 8.78 Å². The first kappa shape index (κ1) is 15.4. The molecule has 19 heavy (non-hydrogen) atoms. The second-order valence-corrected chi connectivity index (χ2v) is 4.24. The number of carboxylic acid groups (broad SMARTS) is 1. The summed E-state index contributed by atoms with van der Waals surface area (Å²) in [6, 6.07) is 6.41. The van der Waals surface area contributed by atoms with Crippen molar-refractivity contribution in [3.05, 3.63) is 29.8 Å². The van der Waals surface area contributed by atoms with Crippen LogP contribution >= 0.6 is 0 Å². The fraction of sp³-hybridized carbons (Fsp3) is 0.462. The van der Waals surface area contributed by atoms with Crippen LogP contribution in [0.5, 0.6) is 5.75 Å². The molecule has 0 fully saturated rings. The first-order valence-corrected chi connectivity index (χ1v) is 5.96. The molecular weight excluding hydrogens is 256 g/mol. The lowest BCUT2D eigenvalue weighted by Gasteiger charge is -2.13. The third kappa shape index (κ3) is 6.71. The monoisotopic (exact) mass is 273 g/mol. The van der Waals surface area contributed by atoms with Crippen LogP contribution < -0.4 is 10.1 Å². The van der Waals surface area contributed by atoms with Crippen molar-refractivity contribution in [2.45, 2.75) is 39.0 Å². The standard InChI is InChI=1S/C13H17F2NO3/c1-9(2-7-12(17)18)16-8-10-3-5-11(6-4-10)19-13(14)15/h3-6,9,13,16H,2,7-8H2,1H3,(H,17,18). The van der Waals surface area contributed by atoms with E-state index in [2.05, 4.69) is 10.1 Å². The maximum absolute atomic E-state index is 11.9. The lowest BCUT2D eigenvalue weighted by Crippen LogP contribution is -2.26. The molecule has 0 aliphatic heterocycles. The zero-order valence-corrected chi connectivity index (χ0v) is 10.6. The molecule has 0 aromatic heterocycles. The van der Waals surface area contributed by atoms with Gasteiger partial charge in [0.1, 0.15) is 5.75 Å². The Morgan fingerprint density at radius 3 is 2.53 bits per heavy atom. The minimum absolute atomic E-state index is 0.0769. The van der Waals surface area contributed by atoms with Crippen molar-refractivity contribution in [2.75, 3.05) is 0 Å². The summed E-state index contributed by atoms with van der Waals surface area (Å²) >= 11 is 0. The third-order valence-corrected chi connectivity index (χ3v) is 2.59. The van der Waals surface area contributed by atoms with Crippen LogP contribution in [0.3, 0.4) is 0 Å². The van der Waals surface area contributed by atoms with Crippen LogP contribution in [0.15, 0.2) is 24.3 Å². The quantitative estimate of drug-likeness (QED) is 0.764. The number of aliphatic carboxylic acids is 1. The second kappa shape index (κ2) is 7.68. The van der Waals surface area contributed by atoms with E-state index in [0.29, 0.717) is 13.0 Å². The number of halogens is 2. The Morgan fingerprint density at radius 2 is 2.00 bits per heavy atom. The van der Waals surface area contributed by atoms with E-state index >= 15 is 0 Å². The SMILES string of the molecule is CC(CCC(=O)O)NCc1ccc(OC(F)F)cc1.